The monoisotopic (exact) mass is 291 g/mol. The topological polar surface area (TPSA) is 58.8 Å². The fraction of sp³-hybridized carbons (Fsp3) is 0.562. The van der Waals surface area contributed by atoms with E-state index in [1.165, 1.54) is 0 Å². The second kappa shape index (κ2) is 5.56. The SMILES string of the molecule is COc1cccc(N2CCN(C)C(=O)C2(C)C)c1[C@@H](C)N. The van der Waals surface area contributed by atoms with Crippen molar-refractivity contribution in [3.63, 3.8) is 0 Å². The van der Waals surface area contributed by atoms with E-state index in [4.69, 9.17) is 10.5 Å². The summed E-state index contributed by atoms with van der Waals surface area (Å²) in [5.41, 5.74) is 7.48. The highest BCUT2D eigenvalue weighted by molar-refractivity contribution is 5.90. The van der Waals surface area contributed by atoms with Crippen LogP contribution in [-0.4, -0.2) is 43.6 Å². The highest BCUT2D eigenvalue weighted by atomic mass is 16.5. The third-order valence-corrected chi connectivity index (χ3v) is 4.21. The molecule has 0 aliphatic carbocycles. The number of anilines is 1. The van der Waals surface area contributed by atoms with Crippen molar-refractivity contribution in [1.29, 1.82) is 0 Å². The lowest BCUT2D eigenvalue weighted by Crippen LogP contribution is -2.62. The van der Waals surface area contributed by atoms with Gasteiger partial charge in [0.1, 0.15) is 11.3 Å². The molecule has 1 saturated heterocycles. The summed E-state index contributed by atoms with van der Waals surface area (Å²) >= 11 is 0. The zero-order valence-electron chi connectivity index (χ0n) is 13.5. The van der Waals surface area contributed by atoms with Crippen molar-refractivity contribution in [3.05, 3.63) is 23.8 Å². The molecule has 116 valence electrons. The first-order chi connectivity index (χ1) is 9.80. The first-order valence-corrected chi connectivity index (χ1v) is 7.26. The molecule has 0 bridgehead atoms. The fourth-order valence-corrected chi connectivity index (χ4v) is 3.04. The third kappa shape index (κ3) is 2.58. The molecule has 21 heavy (non-hydrogen) atoms. The summed E-state index contributed by atoms with van der Waals surface area (Å²) < 4.78 is 5.45. The van der Waals surface area contributed by atoms with Gasteiger partial charge < -0.3 is 20.3 Å². The zero-order valence-corrected chi connectivity index (χ0v) is 13.5. The number of rotatable bonds is 3. The van der Waals surface area contributed by atoms with Crippen LogP contribution in [0.4, 0.5) is 5.69 Å². The molecule has 1 amide bonds. The molecule has 1 aromatic rings. The van der Waals surface area contributed by atoms with Gasteiger partial charge in [0.2, 0.25) is 5.91 Å². The number of benzene rings is 1. The maximum Gasteiger partial charge on any atom is 0.247 e. The standard InChI is InChI=1S/C16H25N3O2/c1-11(17)14-12(7-6-8-13(14)21-5)19-10-9-18(4)15(20)16(19,2)3/h6-8,11H,9-10,17H2,1-5H3/t11-/m1/s1. The largest absolute Gasteiger partial charge is 0.496 e. The summed E-state index contributed by atoms with van der Waals surface area (Å²) in [5, 5.41) is 0. The van der Waals surface area contributed by atoms with Gasteiger partial charge >= 0.3 is 0 Å². The average Bonchev–Trinajstić information content (AvgIpc) is 2.44. The van der Waals surface area contributed by atoms with Crippen LogP contribution < -0.4 is 15.4 Å². The van der Waals surface area contributed by atoms with Crippen LogP contribution in [0.3, 0.4) is 0 Å². The Morgan fingerprint density at radius 1 is 1.33 bits per heavy atom. The summed E-state index contributed by atoms with van der Waals surface area (Å²) in [7, 11) is 3.49. The van der Waals surface area contributed by atoms with Crippen LogP contribution in [0.1, 0.15) is 32.4 Å². The van der Waals surface area contributed by atoms with Crippen molar-refractivity contribution < 1.29 is 9.53 Å². The summed E-state index contributed by atoms with van der Waals surface area (Å²) in [6.45, 7) is 7.33. The molecule has 0 aromatic heterocycles. The van der Waals surface area contributed by atoms with Crippen LogP contribution in [-0.2, 0) is 4.79 Å². The zero-order chi connectivity index (χ0) is 15.8. The van der Waals surface area contributed by atoms with E-state index in [1.807, 2.05) is 46.0 Å². The highest BCUT2D eigenvalue weighted by Gasteiger charge is 2.41. The minimum atomic E-state index is -0.594. The van der Waals surface area contributed by atoms with E-state index in [0.717, 1.165) is 23.5 Å². The molecule has 5 heteroatoms. The Hall–Kier alpha value is -1.75. The molecule has 1 aliphatic rings. The molecular weight excluding hydrogens is 266 g/mol. The van der Waals surface area contributed by atoms with Crippen molar-refractivity contribution in [2.45, 2.75) is 32.4 Å². The van der Waals surface area contributed by atoms with Gasteiger partial charge in [-0.3, -0.25) is 4.79 Å². The fourth-order valence-electron chi connectivity index (χ4n) is 3.04. The first-order valence-electron chi connectivity index (χ1n) is 7.26. The van der Waals surface area contributed by atoms with E-state index >= 15 is 0 Å². The molecule has 2 N–H and O–H groups in total. The number of carbonyl (C=O) groups excluding carboxylic acids is 1. The molecule has 1 atom stereocenters. The number of piperazine rings is 1. The van der Waals surface area contributed by atoms with Crippen molar-refractivity contribution in [2.75, 3.05) is 32.1 Å². The second-order valence-corrected chi connectivity index (χ2v) is 6.12. The maximum atomic E-state index is 12.5. The predicted octanol–water partition coefficient (Wildman–Crippen LogP) is 1.77. The van der Waals surface area contributed by atoms with E-state index in [2.05, 4.69) is 4.90 Å². The van der Waals surface area contributed by atoms with E-state index in [9.17, 15) is 4.79 Å². The number of hydrogen-bond acceptors (Lipinski definition) is 4. The normalized spacial score (nSPS) is 19.6. The van der Waals surface area contributed by atoms with E-state index in [0.29, 0.717) is 6.54 Å². The maximum absolute atomic E-state index is 12.5. The molecule has 0 radical (unpaired) electrons. The van der Waals surface area contributed by atoms with Crippen LogP contribution >= 0.6 is 0 Å². The number of likely N-dealkylation sites (N-methyl/N-ethyl adjacent to an activating group) is 1. The minimum absolute atomic E-state index is 0.118. The summed E-state index contributed by atoms with van der Waals surface area (Å²) in [5.74, 6) is 0.886. The molecule has 0 saturated carbocycles. The van der Waals surface area contributed by atoms with Gasteiger partial charge in [0.05, 0.1) is 7.11 Å². The second-order valence-electron chi connectivity index (χ2n) is 6.12. The van der Waals surface area contributed by atoms with E-state index in [1.54, 1.807) is 12.0 Å². The van der Waals surface area contributed by atoms with Crippen molar-refractivity contribution in [2.24, 2.45) is 5.73 Å². The van der Waals surface area contributed by atoms with Crippen LogP contribution in [0.5, 0.6) is 5.75 Å². The van der Waals surface area contributed by atoms with Gasteiger partial charge in [0.15, 0.2) is 0 Å². The summed E-state index contributed by atoms with van der Waals surface area (Å²) in [6, 6.07) is 5.70. The molecular formula is C16H25N3O2. The Labute approximate surface area is 126 Å². The Kier molecular flexibility index (Phi) is 4.14. The molecule has 2 rings (SSSR count). The van der Waals surface area contributed by atoms with Crippen LogP contribution in [0.2, 0.25) is 0 Å². The number of nitrogens with zero attached hydrogens (tertiary/aromatic N) is 2. The van der Waals surface area contributed by atoms with E-state index in [-0.39, 0.29) is 11.9 Å². The highest BCUT2D eigenvalue weighted by Crippen LogP contribution is 2.38. The number of ether oxygens (including phenoxy) is 1. The Morgan fingerprint density at radius 3 is 2.57 bits per heavy atom. The predicted molar refractivity (Wildman–Crippen MR) is 84.7 cm³/mol. The molecule has 1 aliphatic heterocycles. The quantitative estimate of drug-likeness (QED) is 0.922. The van der Waals surface area contributed by atoms with Gasteiger partial charge in [0.25, 0.3) is 0 Å². The Balaban J connectivity index is 2.54. The van der Waals surface area contributed by atoms with Crippen LogP contribution in [0.25, 0.3) is 0 Å². The molecule has 0 spiro atoms. The number of amides is 1. The minimum Gasteiger partial charge on any atom is -0.496 e. The first kappa shape index (κ1) is 15.6. The molecule has 1 heterocycles. The van der Waals surface area contributed by atoms with Crippen LogP contribution in [0, 0.1) is 0 Å². The van der Waals surface area contributed by atoms with Crippen molar-refractivity contribution >= 4 is 11.6 Å². The number of hydrogen-bond donors (Lipinski definition) is 1. The Bertz CT molecular complexity index is 540. The van der Waals surface area contributed by atoms with Crippen molar-refractivity contribution in [3.8, 4) is 5.75 Å². The number of nitrogens with two attached hydrogens (primary N) is 1. The van der Waals surface area contributed by atoms with Gasteiger partial charge in [-0.25, -0.2) is 0 Å². The van der Waals surface area contributed by atoms with Gasteiger partial charge in [-0.15, -0.1) is 0 Å². The third-order valence-electron chi connectivity index (χ3n) is 4.21. The molecule has 1 fully saturated rings. The number of methoxy groups -OCH3 is 1. The smallest absolute Gasteiger partial charge is 0.247 e. The Morgan fingerprint density at radius 2 is 2.00 bits per heavy atom. The molecule has 1 aromatic carbocycles. The molecule has 5 nitrogen and oxygen atoms in total. The summed E-state index contributed by atoms with van der Waals surface area (Å²) in [4.78, 5) is 16.4. The summed E-state index contributed by atoms with van der Waals surface area (Å²) in [6.07, 6.45) is 0. The average molecular weight is 291 g/mol. The van der Waals surface area contributed by atoms with Gasteiger partial charge in [0, 0.05) is 37.4 Å². The van der Waals surface area contributed by atoms with Gasteiger partial charge in [-0.05, 0) is 32.9 Å². The molecule has 0 unspecified atom stereocenters. The number of carbonyl (C=O) groups is 1. The lowest BCUT2D eigenvalue weighted by molar-refractivity contribution is -0.136. The van der Waals surface area contributed by atoms with Crippen LogP contribution in [0.15, 0.2) is 18.2 Å². The lowest BCUT2D eigenvalue weighted by Gasteiger charge is -2.47. The lowest BCUT2D eigenvalue weighted by atomic mass is 9.94. The van der Waals surface area contributed by atoms with Gasteiger partial charge in [-0.1, -0.05) is 6.07 Å². The van der Waals surface area contributed by atoms with Crippen molar-refractivity contribution in [1.82, 2.24) is 4.90 Å². The van der Waals surface area contributed by atoms with E-state index < -0.39 is 5.54 Å². The van der Waals surface area contributed by atoms with Gasteiger partial charge in [-0.2, -0.15) is 0 Å².